The molecular formula is C13H11ClN2O. The number of hydrogen-bond donors (Lipinski definition) is 0. The van der Waals surface area contributed by atoms with E-state index in [0.717, 1.165) is 10.8 Å². The molecule has 1 aromatic carbocycles. The Morgan fingerprint density at radius 2 is 2.12 bits per heavy atom. The van der Waals surface area contributed by atoms with Gasteiger partial charge in [0.05, 0.1) is 16.7 Å². The van der Waals surface area contributed by atoms with Crippen molar-refractivity contribution in [3.8, 4) is 11.8 Å². The van der Waals surface area contributed by atoms with Gasteiger partial charge in [-0.05, 0) is 26.0 Å². The first kappa shape index (κ1) is 11.7. The molecule has 86 valence electrons. The van der Waals surface area contributed by atoms with Crippen molar-refractivity contribution in [2.45, 2.75) is 20.0 Å². The number of pyridine rings is 1. The Morgan fingerprint density at radius 1 is 1.35 bits per heavy atom. The standard InChI is InChI=1S/C13H11ClN2O/c1-8(2)17-13-4-10-6-16-7-12(14)11(10)3-9(13)5-15/h3-4,6-8H,1-2H3. The van der Waals surface area contributed by atoms with Crippen LogP contribution in [-0.2, 0) is 0 Å². The smallest absolute Gasteiger partial charge is 0.138 e. The highest BCUT2D eigenvalue weighted by molar-refractivity contribution is 6.35. The molecule has 0 N–H and O–H groups in total. The van der Waals surface area contributed by atoms with Crippen molar-refractivity contribution in [3.05, 3.63) is 35.1 Å². The molecule has 0 radical (unpaired) electrons. The predicted octanol–water partition coefficient (Wildman–Crippen LogP) is 3.55. The topological polar surface area (TPSA) is 45.9 Å². The van der Waals surface area contributed by atoms with E-state index < -0.39 is 0 Å². The largest absolute Gasteiger partial charge is 0.490 e. The zero-order chi connectivity index (χ0) is 12.4. The summed E-state index contributed by atoms with van der Waals surface area (Å²) in [4.78, 5) is 4.02. The van der Waals surface area contributed by atoms with E-state index in [1.54, 1.807) is 24.5 Å². The molecule has 2 aromatic rings. The summed E-state index contributed by atoms with van der Waals surface area (Å²) in [7, 11) is 0. The second kappa shape index (κ2) is 4.60. The average Bonchev–Trinajstić information content (AvgIpc) is 2.28. The molecule has 0 bridgehead atoms. The maximum Gasteiger partial charge on any atom is 0.138 e. The molecule has 17 heavy (non-hydrogen) atoms. The third-order valence-corrected chi connectivity index (χ3v) is 2.59. The van der Waals surface area contributed by atoms with Crippen LogP contribution in [0.5, 0.6) is 5.75 Å². The maximum absolute atomic E-state index is 9.09. The molecule has 1 aromatic heterocycles. The monoisotopic (exact) mass is 246 g/mol. The lowest BCUT2D eigenvalue weighted by atomic mass is 10.1. The molecule has 0 aliphatic carbocycles. The van der Waals surface area contributed by atoms with Gasteiger partial charge in [-0.15, -0.1) is 0 Å². The molecule has 1 heterocycles. The normalized spacial score (nSPS) is 10.5. The minimum absolute atomic E-state index is 0.0201. The van der Waals surface area contributed by atoms with E-state index in [1.165, 1.54) is 0 Å². The fourth-order valence-electron chi connectivity index (χ4n) is 1.60. The summed E-state index contributed by atoms with van der Waals surface area (Å²) in [6, 6.07) is 5.65. The number of halogens is 1. The van der Waals surface area contributed by atoms with Gasteiger partial charge in [-0.25, -0.2) is 0 Å². The molecule has 3 nitrogen and oxygen atoms in total. The molecule has 4 heteroatoms. The third kappa shape index (κ3) is 2.32. The highest BCUT2D eigenvalue weighted by Crippen LogP contribution is 2.29. The number of fused-ring (bicyclic) bond motifs is 1. The van der Waals surface area contributed by atoms with E-state index in [2.05, 4.69) is 11.1 Å². The predicted molar refractivity (Wildman–Crippen MR) is 67.2 cm³/mol. The van der Waals surface area contributed by atoms with Crippen molar-refractivity contribution in [2.24, 2.45) is 0 Å². The molecule has 0 saturated heterocycles. The second-order valence-corrected chi connectivity index (χ2v) is 4.38. The molecule has 0 amide bonds. The number of benzene rings is 1. The molecule has 2 rings (SSSR count). The molecule has 0 unspecified atom stereocenters. The Hall–Kier alpha value is -1.79. The van der Waals surface area contributed by atoms with Crippen LogP contribution in [0.1, 0.15) is 19.4 Å². The van der Waals surface area contributed by atoms with E-state index in [1.807, 2.05) is 13.8 Å². The van der Waals surface area contributed by atoms with Crippen molar-refractivity contribution in [1.29, 1.82) is 5.26 Å². The lowest BCUT2D eigenvalue weighted by molar-refractivity contribution is 0.242. The second-order valence-electron chi connectivity index (χ2n) is 3.97. The number of nitrogens with zero attached hydrogens (tertiary/aromatic N) is 2. The Kier molecular flexibility index (Phi) is 3.16. The number of rotatable bonds is 2. The number of nitriles is 1. The molecule has 0 aliphatic rings. The first-order valence-corrected chi connectivity index (χ1v) is 5.63. The summed E-state index contributed by atoms with van der Waals surface area (Å²) in [5, 5.41) is 11.3. The summed E-state index contributed by atoms with van der Waals surface area (Å²) < 4.78 is 5.59. The average molecular weight is 247 g/mol. The van der Waals surface area contributed by atoms with Gasteiger partial charge in [0.1, 0.15) is 11.8 Å². The van der Waals surface area contributed by atoms with Gasteiger partial charge in [-0.2, -0.15) is 5.26 Å². The first-order chi connectivity index (χ1) is 8.11. The van der Waals surface area contributed by atoms with Crippen LogP contribution in [0.25, 0.3) is 10.8 Å². The number of ether oxygens (including phenoxy) is 1. The van der Waals surface area contributed by atoms with Gasteiger partial charge in [0, 0.05) is 23.2 Å². The summed E-state index contributed by atoms with van der Waals surface area (Å²) in [5.41, 5.74) is 0.485. The lowest BCUT2D eigenvalue weighted by Crippen LogP contribution is -2.06. The van der Waals surface area contributed by atoms with Gasteiger partial charge in [-0.1, -0.05) is 11.6 Å². The maximum atomic E-state index is 9.09. The van der Waals surface area contributed by atoms with Crippen LogP contribution in [0.2, 0.25) is 5.02 Å². The Morgan fingerprint density at radius 3 is 2.76 bits per heavy atom. The van der Waals surface area contributed by atoms with Crippen LogP contribution < -0.4 is 4.74 Å². The molecule has 0 aliphatic heterocycles. The zero-order valence-electron chi connectivity index (χ0n) is 9.57. The Labute approximate surface area is 105 Å². The molecule has 0 fully saturated rings. The van der Waals surface area contributed by atoms with Crippen molar-refractivity contribution in [1.82, 2.24) is 4.98 Å². The zero-order valence-corrected chi connectivity index (χ0v) is 10.3. The Bertz CT molecular complexity index is 602. The summed E-state index contributed by atoms with van der Waals surface area (Å²) >= 11 is 6.03. The van der Waals surface area contributed by atoms with Gasteiger partial charge in [0.25, 0.3) is 0 Å². The van der Waals surface area contributed by atoms with Gasteiger partial charge in [0.15, 0.2) is 0 Å². The number of hydrogen-bond acceptors (Lipinski definition) is 3. The molecule has 0 saturated carbocycles. The first-order valence-electron chi connectivity index (χ1n) is 5.26. The van der Waals surface area contributed by atoms with Gasteiger partial charge < -0.3 is 4.74 Å². The summed E-state index contributed by atoms with van der Waals surface area (Å²) in [6.07, 6.45) is 3.29. The Balaban J connectivity index is 2.66. The fourth-order valence-corrected chi connectivity index (χ4v) is 1.82. The van der Waals surface area contributed by atoms with Crippen LogP contribution in [0.15, 0.2) is 24.5 Å². The van der Waals surface area contributed by atoms with E-state index in [4.69, 9.17) is 21.6 Å². The van der Waals surface area contributed by atoms with Crippen LogP contribution >= 0.6 is 11.6 Å². The SMILES string of the molecule is CC(C)Oc1cc2cncc(Cl)c2cc1C#N. The van der Waals surface area contributed by atoms with Crippen molar-refractivity contribution >= 4 is 22.4 Å². The van der Waals surface area contributed by atoms with E-state index >= 15 is 0 Å². The van der Waals surface area contributed by atoms with Gasteiger partial charge in [0.2, 0.25) is 0 Å². The minimum Gasteiger partial charge on any atom is -0.490 e. The quantitative estimate of drug-likeness (QED) is 0.814. The van der Waals surface area contributed by atoms with Crippen molar-refractivity contribution in [2.75, 3.05) is 0 Å². The number of aromatic nitrogens is 1. The molecular weight excluding hydrogens is 236 g/mol. The van der Waals surface area contributed by atoms with Crippen LogP contribution in [-0.4, -0.2) is 11.1 Å². The highest BCUT2D eigenvalue weighted by atomic mass is 35.5. The molecule has 0 spiro atoms. The van der Waals surface area contributed by atoms with E-state index in [0.29, 0.717) is 16.3 Å². The molecule has 0 atom stereocenters. The van der Waals surface area contributed by atoms with Crippen LogP contribution in [0.3, 0.4) is 0 Å². The van der Waals surface area contributed by atoms with Gasteiger partial charge >= 0.3 is 0 Å². The lowest BCUT2D eigenvalue weighted by Gasteiger charge is -2.12. The van der Waals surface area contributed by atoms with Gasteiger partial charge in [-0.3, -0.25) is 4.98 Å². The van der Waals surface area contributed by atoms with E-state index in [-0.39, 0.29) is 6.10 Å². The van der Waals surface area contributed by atoms with Crippen LogP contribution in [0.4, 0.5) is 0 Å². The van der Waals surface area contributed by atoms with E-state index in [9.17, 15) is 0 Å². The summed E-state index contributed by atoms with van der Waals surface area (Å²) in [5.74, 6) is 0.569. The minimum atomic E-state index is 0.0201. The summed E-state index contributed by atoms with van der Waals surface area (Å²) in [6.45, 7) is 3.84. The van der Waals surface area contributed by atoms with Crippen molar-refractivity contribution in [3.63, 3.8) is 0 Å². The van der Waals surface area contributed by atoms with Crippen molar-refractivity contribution < 1.29 is 4.74 Å². The van der Waals surface area contributed by atoms with Crippen LogP contribution in [0, 0.1) is 11.3 Å². The highest BCUT2D eigenvalue weighted by Gasteiger charge is 2.09. The fraction of sp³-hybridized carbons (Fsp3) is 0.231. The third-order valence-electron chi connectivity index (χ3n) is 2.29.